The third-order valence-electron chi connectivity index (χ3n) is 8.01. The van der Waals surface area contributed by atoms with Crippen molar-refractivity contribution < 1.29 is 0 Å². The number of hydrogen-bond donors (Lipinski definition) is 0. The van der Waals surface area contributed by atoms with E-state index in [-0.39, 0.29) is 0 Å². The van der Waals surface area contributed by atoms with Gasteiger partial charge in [-0.15, -0.1) is 22.7 Å². The molecule has 3 heterocycles. The van der Waals surface area contributed by atoms with E-state index in [4.69, 9.17) is 0 Å². The summed E-state index contributed by atoms with van der Waals surface area (Å²) in [4.78, 5) is 0. The number of rotatable bonds is 2. The molecule has 1 nitrogen and oxygen atoms in total. The minimum Gasteiger partial charge on any atom is -0.308 e. The van der Waals surface area contributed by atoms with Crippen LogP contribution in [0.25, 0.3) is 79.0 Å². The van der Waals surface area contributed by atoms with Gasteiger partial charge in [-0.25, -0.2) is 0 Å². The van der Waals surface area contributed by atoms with E-state index in [1.54, 1.807) is 0 Å². The van der Waals surface area contributed by atoms with Gasteiger partial charge >= 0.3 is 0 Å². The second-order valence-corrected chi connectivity index (χ2v) is 12.3. The summed E-state index contributed by atoms with van der Waals surface area (Å²) < 4.78 is 7.79. The summed E-state index contributed by atoms with van der Waals surface area (Å²) in [7, 11) is 0. The highest BCUT2D eigenvalue weighted by molar-refractivity contribution is 7.26. The van der Waals surface area contributed by atoms with E-state index in [1.165, 1.54) is 79.0 Å². The summed E-state index contributed by atoms with van der Waals surface area (Å²) in [5.74, 6) is 0. The summed E-state index contributed by atoms with van der Waals surface area (Å²) in [6.07, 6.45) is 0. The van der Waals surface area contributed by atoms with Crippen LogP contribution in [0.4, 0.5) is 0 Å². The molecule has 0 fully saturated rings. The lowest BCUT2D eigenvalue weighted by Gasteiger charge is -2.09. The van der Waals surface area contributed by atoms with Gasteiger partial charge in [0, 0.05) is 46.4 Å². The lowest BCUT2D eigenvalue weighted by molar-refractivity contribution is 1.20. The van der Waals surface area contributed by atoms with Crippen LogP contribution < -0.4 is 0 Å². The lowest BCUT2D eigenvalue weighted by atomic mass is 10.0. The molecule has 0 saturated carbocycles. The summed E-state index contributed by atoms with van der Waals surface area (Å²) in [5, 5.41) is 7.93. The van der Waals surface area contributed by atoms with Gasteiger partial charge in [0.05, 0.1) is 21.4 Å². The molecule has 3 aromatic heterocycles. The van der Waals surface area contributed by atoms with Crippen molar-refractivity contribution in [2.75, 3.05) is 0 Å². The van der Waals surface area contributed by atoms with Crippen molar-refractivity contribution in [1.29, 1.82) is 0 Å². The molecule has 0 amide bonds. The van der Waals surface area contributed by atoms with Crippen molar-refractivity contribution in [3.8, 4) is 16.8 Å². The van der Waals surface area contributed by atoms with E-state index in [1.807, 2.05) is 22.7 Å². The van der Waals surface area contributed by atoms with Crippen molar-refractivity contribution in [3.63, 3.8) is 0 Å². The van der Waals surface area contributed by atoms with E-state index in [0.717, 1.165) is 0 Å². The van der Waals surface area contributed by atoms with E-state index in [2.05, 4.69) is 132 Å². The van der Waals surface area contributed by atoms with Gasteiger partial charge in [0.1, 0.15) is 0 Å². The molecule has 182 valence electrons. The second kappa shape index (κ2) is 8.03. The van der Waals surface area contributed by atoms with Gasteiger partial charge in [-0.3, -0.25) is 0 Å². The van der Waals surface area contributed by atoms with Crippen molar-refractivity contribution in [2.24, 2.45) is 0 Å². The smallest absolute Gasteiger partial charge is 0.0640 e. The highest BCUT2D eigenvalue weighted by atomic mass is 32.1. The first-order chi connectivity index (χ1) is 19.3. The molecule has 0 aliphatic carbocycles. The molecule has 9 rings (SSSR count). The number of benzene rings is 6. The maximum Gasteiger partial charge on any atom is 0.0640 e. The average Bonchev–Trinajstić information content (AvgIpc) is 3.66. The zero-order valence-electron chi connectivity index (χ0n) is 20.9. The fourth-order valence-electron chi connectivity index (χ4n) is 6.23. The SMILES string of the molecule is c1ccc2c(c1)sc1cc(-c3ccc4c(c3)sc3c(-n5c6ccccc6c6ccccc65)cccc34)ccc12. The van der Waals surface area contributed by atoms with Gasteiger partial charge < -0.3 is 4.57 Å². The van der Waals surface area contributed by atoms with Crippen molar-refractivity contribution in [1.82, 2.24) is 4.57 Å². The first-order valence-corrected chi connectivity index (χ1v) is 14.8. The standard InChI is InChI=1S/C36H21NS2/c1-4-12-30-24(8-1)25-9-2-5-13-31(25)37(30)32-14-7-11-29-28-19-17-23(21-35(28)39-36(29)32)22-16-18-27-26-10-3-6-15-33(26)38-34(27)20-22/h1-21H. The van der Waals surface area contributed by atoms with Crippen LogP contribution in [-0.4, -0.2) is 4.57 Å². The predicted molar refractivity (Wildman–Crippen MR) is 172 cm³/mol. The van der Waals surface area contributed by atoms with Crippen LogP contribution >= 0.6 is 22.7 Å². The lowest BCUT2D eigenvalue weighted by Crippen LogP contribution is -1.93. The van der Waals surface area contributed by atoms with Crippen LogP contribution in [-0.2, 0) is 0 Å². The molecule has 0 spiro atoms. The average molecular weight is 532 g/mol. The van der Waals surface area contributed by atoms with Crippen LogP contribution in [0.15, 0.2) is 127 Å². The maximum absolute atomic E-state index is 2.44. The Kier molecular flexibility index (Phi) is 4.43. The zero-order chi connectivity index (χ0) is 25.5. The fraction of sp³-hybridized carbons (Fsp3) is 0. The largest absolute Gasteiger partial charge is 0.308 e. The molecule has 0 aliphatic rings. The fourth-order valence-corrected chi connectivity index (χ4v) is 8.62. The van der Waals surface area contributed by atoms with Crippen molar-refractivity contribution >= 4 is 84.8 Å². The number of thiophene rings is 2. The molecule has 0 N–H and O–H groups in total. The molecule has 0 atom stereocenters. The molecule has 0 bridgehead atoms. The van der Waals surface area contributed by atoms with E-state index in [0.29, 0.717) is 0 Å². The monoisotopic (exact) mass is 531 g/mol. The summed E-state index contributed by atoms with van der Waals surface area (Å²) in [6, 6.07) is 46.9. The minimum atomic E-state index is 1.25. The zero-order valence-corrected chi connectivity index (χ0v) is 22.5. The quantitative estimate of drug-likeness (QED) is 0.209. The van der Waals surface area contributed by atoms with Crippen LogP contribution in [0, 0.1) is 0 Å². The Morgan fingerprint density at radius 2 is 0.923 bits per heavy atom. The molecule has 9 aromatic rings. The highest BCUT2D eigenvalue weighted by Crippen LogP contribution is 2.42. The summed E-state index contributed by atoms with van der Waals surface area (Å²) in [6.45, 7) is 0. The first kappa shape index (κ1) is 21.5. The Balaban J connectivity index is 1.26. The number of hydrogen-bond acceptors (Lipinski definition) is 2. The van der Waals surface area contributed by atoms with Crippen molar-refractivity contribution in [2.45, 2.75) is 0 Å². The van der Waals surface area contributed by atoms with E-state index < -0.39 is 0 Å². The summed E-state index contributed by atoms with van der Waals surface area (Å²) >= 11 is 3.78. The number of aromatic nitrogens is 1. The minimum absolute atomic E-state index is 1.25. The second-order valence-electron chi connectivity index (χ2n) is 10.1. The maximum atomic E-state index is 2.44. The number of nitrogens with zero attached hydrogens (tertiary/aromatic N) is 1. The molecular formula is C36H21NS2. The third kappa shape index (κ3) is 3.06. The van der Waals surface area contributed by atoms with Crippen LogP contribution in [0.3, 0.4) is 0 Å². The van der Waals surface area contributed by atoms with E-state index in [9.17, 15) is 0 Å². The Morgan fingerprint density at radius 1 is 0.385 bits per heavy atom. The molecule has 0 saturated heterocycles. The highest BCUT2D eigenvalue weighted by Gasteiger charge is 2.16. The first-order valence-electron chi connectivity index (χ1n) is 13.2. The van der Waals surface area contributed by atoms with Crippen LogP contribution in [0.5, 0.6) is 0 Å². The van der Waals surface area contributed by atoms with Gasteiger partial charge in [0.2, 0.25) is 0 Å². The molecule has 0 radical (unpaired) electrons. The predicted octanol–water partition coefficient (Wildman–Crippen LogP) is 11.2. The van der Waals surface area contributed by atoms with Gasteiger partial charge in [-0.2, -0.15) is 0 Å². The van der Waals surface area contributed by atoms with Crippen molar-refractivity contribution in [3.05, 3.63) is 127 Å². The third-order valence-corrected chi connectivity index (χ3v) is 10.3. The van der Waals surface area contributed by atoms with Gasteiger partial charge in [-0.05, 0) is 47.5 Å². The Hall–Kier alpha value is -4.44. The molecular weight excluding hydrogens is 511 g/mol. The molecule has 39 heavy (non-hydrogen) atoms. The summed E-state index contributed by atoms with van der Waals surface area (Å²) in [5.41, 5.74) is 6.30. The molecule has 6 aromatic carbocycles. The van der Waals surface area contributed by atoms with E-state index >= 15 is 0 Å². The number of para-hydroxylation sites is 2. The molecule has 0 unspecified atom stereocenters. The Morgan fingerprint density at radius 3 is 1.64 bits per heavy atom. The van der Waals surface area contributed by atoms with Crippen LogP contribution in [0.1, 0.15) is 0 Å². The topological polar surface area (TPSA) is 4.93 Å². The Bertz CT molecular complexity index is 2350. The van der Waals surface area contributed by atoms with Crippen LogP contribution in [0.2, 0.25) is 0 Å². The van der Waals surface area contributed by atoms with Gasteiger partial charge in [0.15, 0.2) is 0 Å². The number of fused-ring (bicyclic) bond motifs is 9. The van der Waals surface area contributed by atoms with Gasteiger partial charge in [-0.1, -0.05) is 91.0 Å². The molecule has 3 heteroatoms. The molecule has 0 aliphatic heterocycles. The normalized spacial score (nSPS) is 12.1. The van der Waals surface area contributed by atoms with Gasteiger partial charge in [0.25, 0.3) is 0 Å². The Labute approximate surface area is 232 Å².